The highest BCUT2D eigenvalue weighted by Crippen LogP contribution is 2.35. The molecule has 0 saturated heterocycles. The Bertz CT molecular complexity index is 1360. The highest BCUT2D eigenvalue weighted by Gasteiger charge is 2.29. The van der Waals surface area contributed by atoms with Crippen LogP contribution in [0.15, 0.2) is 23.1 Å². The first-order valence-corrected chi connectivity index (χ1v) is 15.8. The lowest BCUT2D eigenvalue weighted by Gasteiger charge is -2.25. The molecule has 0 atom stereocenters. The van der Waals surface area contributed by atoms with Gasteiger partial charge in [-0.1, -0.05) is 25.3 Å². The maximum atomic E-state index is 13.3. The zero-order chi connectivity index (χ0) is 30.0. The summed E-state index contributed by atoms with van der Waals surface area (Å²) >= 11 is 0. The van der Waals surface area contributed by atoms with Crippen LogP contribution in [0.4, 0.5) is 0 Å². The molecule has 1 saturated carbocycles. The third kappa shape index (κ3) is 7.35. The Morgan fingerprint density at radius 2 is 1.62 bits per heavy atom. The van der Waals surface area contributed by atoms with Crippen molar-refractivity contribution in [3.63, 3.8) is 0 Å². The largest absolute Gasteiger partial charge is 0.481 e. The van der Waals surface area contributed by atoms with Crippen LogP contribution in [-0.4, -0.2) is 42.1 Å². The van der Waals surface area contributed by atoms with Gasteiger partial charge in [-0.3, -0.25) is 9.59 Å². The zero-order valence-electron chi connectivity index (χ0n) is 25.4. The molecule has 222 valence electrons. The summed E-state index contributed by atoms with van der Waals surface area (Å²) in [6, 6.07) is 5.41. The van der Waals surface area contributed by atoms with Crippen molar-refractivity contribution >= 4 is 21.9 Å². The summed E-state index contributed by atoms with van der Waals surface area (Å²) in [7, 11) is -3.71. The lowest BCUT2D eigenvalue weighted by molar-refractivity contribution is -0.147. The Balaban J connectivity index is 2.02. The van der Waals surface area contributed by atoms with E-state index in [0.717, 1.165) is 41.9 Å². The average molecular weight is 574 g/mol. The van der Waals surface area contributed by atoms with Crippen molar-refractivity contribution in [2.45, 2.75) is 111 Å². The van der Waals surface area contributed by atoms with Crippen molar-refractivity contribution in [1.29, 1.82) is 0 Å². The molecular formula is C31H47N3O5S. The molecule has 0 radical (unpaired) electrons. The fourth-order valence-electron chi connectivity index (χ4n) is 5.47. The molecule has 0 spiro atoms. The molecule has 1 fully saturated rings. The number of nitrogens with one attached hydrogen (secondary N) is 2. The minimum atomic E-state index is -3.71. The van der Waals surface area contributed by atoms with E-state index in [2.05, 4.69) is 14.6 Å². The Labute approximate surface area is 240 Å². The number of aromatic nitrogens is 1. The molecule has 40 heavy (non-hydrogen) atoms. The summed E-state index contributed by atoms with van der Waals surface area (Å²) in [5, 5.41) is 12.3. The molecule has 1 aromatic carbocycles. The minimum Gasteiger partial charge on any atom is -0.481 e. The number of hydrogen-bond acceptors (Lipinski definition) is 4. The van der Waals surface area contributed by atoms with E-state index in [0.29, 0.717) is 23.5 Å². The van der Waals surface area contributed by atoms with Crippen LogP contribution in [0.5, 0.6) is 0 Å². The third-order valence-electron chi connectivity index (χ3n) is 8.13. The second-order valence-electron chi connectivity index (χ2n) is 13.1. The molecule has 1 aromatic heterocycles. The molecule has 1 aliphatic rings. The van der Waals surface area contributed by atoms with E-state index in [9.17, 15) is 23.1 Å². The van der Waals surface area contributed by atoms with Gasteiger partial charge in [-0.25, -0.2) is 13.1 Å². The van der Waals surface area contributed by atoms with Crippen molar-refractivity contribution in [1.82, 2.24) is 14.6 Å². The molecule has 0 unspecified atom stereocenters. The summed E-state index contributed by atoms with van der Waals surface area (Å²) in [6.07, 6.45) is 6.29. The first-order chi connectivity index (χ1) is 18.4. The van der Waals surface area contributed by atoms with Gasteiger partial charge >= 0.3 is 5.97 Å². The number of aliphatic carboxylic acids is 1. The molecule has 1 aliphatic carbocycles. The first-order valence-electron chi connectivity index (χ1n) is 14.3. The first kappa shape index (κ1) is 31.9. The van der Waals surface area contributed by atoms with Gasteiger partial charge in [-0.05, 0) is 104 Å². The van der Waals surface area contributed by atoms with Crippen LogP contribution in [0.2, 0.25) is 0 Å². The van der Waals surface area contributed by atoms with E-state index in [4.69, 9.17) is 0 Å². The average Bonchev–Trinajstić information content (AvgIpc) is 3.15. The predicted octanol–water partition coefficient (Wildman–Crippen LogP) is 5.97. The summed E-state index contributed by atoms with van der Waals surface area (Å²) < 4.78 is 31.3. The smallest absolute Gasteiger partial charge is 0.309 e. The summed E-state index contributed by atoms with van der Waals surface area (Å²) in [5.41, 5.74) is 3.21. The molecule has 1 amide bonds. The van der Waals surface area contributed by atoms with Gasteiger partial charge in [0.2, 0.25) is 10.0 Å². The molecule has 3 N–H and O–H groups in total. The molecule has 1 heterocycles. The SMILES string of the molecule is Cc1c(-c2cc(C(=O)NCCC(C)(C)C(=O)O)c(C)n2CC2CCCCC2)ccc(S(=O)(=O)NC(C)(C)C)c1C. The molecule has 0 aliphatic heterocycles. The highest BCUT2D eigenvalue weighted by atomic mass is 32.2. The summed E-state index contributed by atoms with van der Waals surface area (Å²) in [5.74, 6) is -0.610. The maximum absolute atomic E-state index is 13.3. The third-order valence-corrected chi connectivity index (χ3v) is 10.0. The fourth-order valence-corrected chi connectivity index (χ4v) is 7.19. The molecule has 2 aromatic rings. The molecular weight excluding hydrogens is 526 g/mol. The number of nitrogens with zero attached hydrogens (tertiary/aromatic N) is 1. The number of carboxylic acid groups (broad SMARTS) is 1. The number of benzene rings is 1. The van der Waals surface area contributed by atoms with E-state index < -0.39 is 26.9 Å². The number of sulfonamides is 1. The van der Waals surface area contributed by atoms with Gasteiger partial charge in [0.05, 0.1) is 15.9 Å². The molecule has 8 nitrogen and oxygen atoms in total. The van der Waals surface area contributed by atoms with Crippen LogP contribution in [-0.2, 0) is 21.4 Å². The van der Waals surface area contributed by atoms with Gasteiger partial charge in [0.15, 0.2) is 0 Å². The van der Waals surface area contributed by atoms with Gasteiger partial charge < -0.3 is 15.0 Å². The summed E-state index contributed by atoms with van der Waals surface area (Å²) in [6.45, 7) is 15.5. The predicted molar refractivity (Wildman–Crippen MR) is 159 cm³/mol. The van der Waals surface area contributed by atoms with Crippen LogP contribution < -0.4 is 10.0 Å². The zero-order valence-corrected chi connectivity index (χ0v) is 26.2. The van der Waals surface area contributed by atoms with Crippen LogP contribution in [0, 0.1) is 32.1 Å². The number of carbonyl (C=O) groups excluding carboxylic acids is 1. The van der Waals surface area contributed by atoms with E-state index in [1.807, 2.05) is 53.7 Å². The topological polar surface area (TPSA) is 118 Å². The Hall–Kier alpha value is -2.65. The van der Waals surface area contributed by atoms with E-state index in [1.54, 1.807) is 19.9 Å². The summed E-state index contributed by atoms with van der Waals surface area (Å²) in [4.78, 5) is 25.0. The van der Waals surface area contributed by atoms with E-state index in [1.165, 1.54) is 19.3 Å². The second-order valence-corrected chi connectivity index (χ2v) is 14.7. The number of carbonyl (C=O) groups is 2. The van der Waals surface area contributed by atoms with Crippen LogP contribution in [0.3, 0.4) is 0 Å². The molecule has 0 bridgehead atoms. The standard InChI is InChI=1S/C31H47N3O5S/c1-20-21(2)27(40(38,39)33-30(4,5)6)15-14-24(20)26-18-25(28(35)32-17-16-31(7,8)29(36)37)22(3)34(26)19-23-12-10-9-11-13-23/h14-15,18,23,33H,9-13,16-17,19H2,1-8H3,(H,32,35)(H,36,37). The van der Waals surface area contributed by atoms with Crippen molar-refractivity contribution in [2.24, 2.45) is 11.3 Å². The van der Waals surface area contributed by atoms with Gasteiger partial charge in [-0.2, -0.15) is 0 Å². The lowest BCUT2D eigenvalue weighted by atomic mass is 9.89. The highest BCUT2D eigenvalue weighted by molar-refractivity contribution is 7.89. The van der Waals surface area contributed by atoms with Crippen molar-refractivity contribution in [3.05, 3.63) is 40.6 Å². The maximum Gasteiger partial charge on any atom is 0.309 e. The van der Waals surface area contributed by atoms with Crippen LogP contribution >= 0.6 is 0 Å². The Morgan fingerprint density at radius 3 is 2.20 bits per heavy atom. The number of hydrogen-bond donors (Lipinski definition) is 3. The van der Waals surface area contributed by atoms with E-state index >= 15 is 0 Å². The Morgan fingerprint density at radius 1 is 1.00 bits per heavy atom. The van der Waals surface area contributed by atoms with Crippen LogP contribution in [0.1, 0.15) is 100 Å². The van der Waals surface area contributed by atoms with Gasteiger partial charge in [-0.15, -0.1) is 0 Å². The van der Waals surface area contributed by atoms with Gasteiger partial charge in [0.25, 0.3) is 5.91 Å². The van der Waals surface area contributed by atoms with Gasteiger partial charge in [0.1, 0.15) is 0 Å². The quantitative estimate of drug-likeness (QED) is 0.324. The normalized spacial score (nSPS) is 15.3. The number of carboxylic acids is 1. The number of rotatable bonds is 10. The number of amides is 1. The lowest BCUT2D eigenvalue weighted by Crippen LogP contribution is -2.40. The second kappa shape index (κ2) is 12.1. The van der Waals surface area contributed by atoms with Crippen LogP contribution in [0.25, 0.3) is 11.3 Å². The van der Waals surface area contributed by atoms with Crippen molar-refractivity contribution in [2.75, 3.05) is 6.54 Å². The van der Waals surface area contributed by atoms with Crippen molar-refractivity contribution in [3.8, 4) is 11.3 Å². The van der Waals surface area contributed by atoms with Gasteiger partial charge in [0, 0.05) is 35.6 Å². The Kier molecular flexibility index (Phi) is 9.62. The fraction of sp³-hybridized carbons (Fsp3) is 0.613. The minimum absolute atomic E-state index is 0.231. The van der Waals surface area contributed by atoms with Crippen molar-refractivity contribution < 1.29 is 23.1 Å². The van der Waals surface area contributed by atoms with E-state index in [-0.39, 0.29) is 17.3 Å². The molecule has 9 heteroatoms. The monoisotopic (exact) mass is 573 g/mol. The molecule has 3 rings (SSSR count).